The van der Waals surface area contributed by atoms with Crippen LogP contribution in [0.1, 0.15) is 43.2 Å². The molecule has 0 saturated carbocycles. The highest BCUT2D eigenvalue weighted by molar-refractivity contribution is 5.90. The topological polar surface area (TPSA) is 105 Å². The first-order valence-electron chi connectivity index (χ1n) is 11.7. The van der Waals surface area contributed by atoms with Gasteiger partial charge in [-0.1, -0.05) is 48.5 Å². The van der Waals surface area contributed by atoms with Crippen LogP contribution in [0.5, 0.6) is 0 Å². The van der Waals surface area contributed by atoms with Gasteiger partial charge >= 0.3 is 12.1 Å². The first kappa shape index (κ1) is 22.4. The van der Waals surface area contributed by atoms with Crippen molar-refractivity contribution >= 4 is 18.0 Å². The molecule has 2 N–H and O–H groups in total. The lowest BCUT2D eigenvalue weighted by molar-refractivity contribution is -0.159. The van der Waals surface area contributed by atoms with E-state index in [2.05, 4.69) is 29.6 Å². The maximum absolute atomic E-state index is 13.1. The van der Waals surface area contributed by atoms with Gasteiger partial charge < -0.3 is 24.8 Å². The number of carbonyl (C=O) groups excluding carboxylic acids is 2. The fraction of sp³-hybridized carbons (Fsp3) is 0.423. The third-order valence-electron chi connectivity index (χ3n) is 7.35. The van der Waals surface area contributed by atoms with E-state index < -0.39 is 35.7 Å². The molecule has 8 nitrogen and oxygen atoms in total. The molecule has 3 aliphatic rings. The zero-order valence-corrected chi connectivity index (χ0v) is 19.0. The van der Waals surface area contributed by atoms with Gasteiger partial charge in [0.25, 0.3) is 5.91 Å². The van der Waals surface area contributed by atoms with Crippen LogP contribution >= 0.6 is 0 Å². The number of nitrogens with one attached hydrogen (secondary N) is 1. The number of carbonyl (C=O) groups is 3. The van der Waals surface area contributed by atoms with Crippen molar-refractivity contribution in [1.29, 1.82) is 0 Å². The van der Waals surface area contributed by atoms with Gasteiger partial charge in [-0.05, 0) is 48.4 Å². The van der Waals surface area contributed by atoms with Crippen molar-refractivity contribution in [1.82, 2.24) is 10.2 Å². The lowest BCUT2D eigenvalue weighted by atomic mass is 9.98. The lowest BCUT2D eigenvalue weighted by Crippen LogP contribution is -2.57. The predicted octanol–water partition coefficient (Wildman–Crippen LogP) is 3.15. The molecule has 2 fully saturated rings. The van der Waals surface area contributed by atoms with Crippen molar-refractivity contribution in [3.05, 3.63) is 59.7 Å². The van der Waals surface area contributed by atoms with Gasteiger partial charge in [-0.15, -0.1) is 0 Å². The first-order chi connectivity index (χ1) is 16.4. The summed E-state index contributed by atoms with van der Waals surface area (Å²) in [6, 6.07) is 15.6. The number of aliphatic carboxylic acids is 1. The molecule has 2 amide bonds. The second-order valence-corrected chi connectivity index (χ2v) is 9.33. The fourth-order valence-electron chi connectivity index (χ4n) is 5.46. The number of rotatable bonds is 5. The number of ether oxygens (including phenoxy) is 2. The number of fused-ring (bicyclic) bond motifs is 3. The number of hydrogen-bond acceptors (Lipinski definition) is 5. The van der Waals surface area contributed by atoms with Crippen molar-refractivity contribution in [2.75, 3.05) is 19.8 Å². The molecule has 2 aromatic rings. The Balaban J connectivity index is 1.24. The molecule has 1 aliphatic carbocycles. The molecule has 0 aromatic heterocycles. The number of benzene rings is 2. The van der Waals surface area contributed by atoms with Crippen LogP contribution in [-0.4, -0.2) is 65.4 Å². The standard InChI is InChI=1S/C26H28N2O6/c1-26(24(30)31)12-6-13-28(26)23(29)22-21(11-14-33-22)27-25(32)34-15-20-18-9-4-2-7-16(18)17-8-3-5-10-19(17)20/h2-5,7-10,20-22H,6,11-15H2,1H3,(H,27,32)(H,30,31)/t21-,22+,26-/m0/s1. The minimum atomic E-state index is -1.25. The zero-order chi connectivity index (χ0) is 23.9. The number of carboxylic acid groups (broad SMARTS) is 1. The van der Waals surface area contributed by atoms with E-state index >= 15 is 0 Å². The molecular formula is C26H28N2O6. The molecular weight excluding hydrogens is 436 g/mol. The Morgan fingerprint density at radius 1 is 1.12 bits per heavy atom. The highest BCUT2D eigenvalue weighted by atomic mass is 16.6. The van der Waals surface area contributed by atoms with Gasteiger partial charge in [0.15, 0.2) is 6.10 Å². The summed E-state index contributed by atoms with van der Waals surface area (Å²) >= 11 is 0. The summed E-state index contributed by atoms with van der Waals surface area (Å²) < 4.78 is 11.2. The maximum Gasteiger partial charge on any atom is 0.407 e. The molecule has 5 rings (SSSR count). The number of carboxylic acids is 1. The zero-order valence-electron chi connectivity index (χ0n) is 19.0. The van der Waals surface area contributed by atoms with Gasteiger partial charge in [0.05, 0.1) is 6.04 Å². The molecule has 0 bridgehead atoms. The molecule has 34 heavy (non-hydrogen) atoms. The predicted molar refractivity (Wildman–Crippen MR) is 123 cm³/mol. The Kier molecular flexibility index (Phi) is 5.77. The van der Waals surface area contributed by atoms with Gasteiger partial charge in [0.2, 0.25) is 0 Å². The molecule has 178 valence electrons. The molecule has 2 aliphatic heterocycles. The van der Waals surface area contributed by atoms with Gasteiger partial charge in [-0.3, -0.25) is 4.79 Å². The molecule has 2 heterocycles. The molecule has 8 heteroatoms. The molecule has 2 aromatic carbocycles. The molecule has 0 spiro atoms. The number of likely N-dealkylation sites (tertiary alicyclic amines) is 1. The average molecular weight is 465 g/mol. The van der Waals surface area contributed by atoms with E-state index in [1.54, 1.807) is 6.92 Å². The van der Waals surface area contributed by atoms with E-state index in [1.807, 2.05) is 24.3 Å². The lowest BCUT2D eigenvalue weighted by Gasteiger charge is -2.34. The van der Waals surface area contributed by atoms with E-state index in [4.69, 9.17) is 9.47 Å². The number of nitrogens with zero attached hydrogens (tertiary/aromatic N) is 1. The fourth-order valence-corrected chi connectivity index (χ4v) is 5.46. The van der Waals surface area contributed by atoms with Crippen molar-refractivity contribution in [2.24, 2.45) is 0 Å². The minimum Gasteiger partial charge on any atom is -0.480 e. The Morgan fingerprint density at radius 2 is 1.76 bits per heavy atom. The maximum atomic E-state index is 13.1. The average Bonchev–Trinajstić information content (AvgIpc) is 3.54. The third kappa shape index (κ3) is 3.72. The van der Waals surface area contributed by atoms with E-state index in [0.717, 1.165) is 22.3 Å². The Hall–Kier alpha value is -3.39. The second kappa shape index (κ2) is 8.76. The Morgan fingerprint density at radius 3 is 2.41 bits per heavy atom. The van der Waals surface area contributed by atoms with Crippen molar-refractivity contribution < 1.29 is 29.0 Å². The number of alkyl carbamates (subject to hydrolysis) is 1. The van der Waals surface area contributed by atoms with Crippen LogP contribution in [0.2, 0.25) is 0 Å². The van der Waals surface area contributed by atoms with E-state index in [1.165, 1.54) is 4.90 Å². The summed E-state index contributed by atoms with van der Waals surface area (Å²) in [5, 5.41) is 12.4. The van der Waals surface area contributed by atoms with E-state index in [-0.39, 0.29) is 12.5 Å². The summed E-state index contributed by atoms with van der Waals surface area (Å²) in [6.45, 7) is 2.40. The monoisotopic (exact) mass is 464 g/mol. The van der Waals surface area contributed by atoms with Gasteiger partial charge in [0, 0.05) is 19.1 Å². The van der Waals surface area contributed by atoms with Crippen molar-refractivity contribution in [3.63, 3.8) is 0 Å². The smallest absolute Gasteiger partial charge is 0.407 e. The molecule has 2 saturated heterocycles. The molecule has 0 radical (unpaired) electrons. The van der Waals surface area contributed by atoms with Crippen molar-refractivity contribution in [2.45, 2.75) is 49.8 Å². The quantitative estimate of drug-likeness (QED) is 0.704. The summed E-state index contributed by atoms with van der Waals surface area (Å²) in [5.41, 5.74) is 3.28. The second-order valence-electron chi connectivity index (χ2n) is 9.33. The third-order valence-corrected chi connectivity index (χ3v) is 7.35. The summed E-state index contributed by atoms with van der Waals surface area (Å²) in [5.74, 6) is -1.49. The van der Waals surface area contributed by atoms with Crippen LogP contribution in [0.3, 0.4) is 0 Å². The highest BCUT2D eigenvalue weighted by Crippen LogP contribution is 2.44. The van der Waals surface area contributed by atoms with E-state index in [9.17, 15) is 19.5 Å². The summed E-state index contributed by atoms with van der Waals surface area (Å²) in [4.78, 5) is 39.0. The first-order valence-corrected chi connectivity index (χ1v) is 11.7. The molecule has 3 atom stereocenters. The SMILES string of the molecule is C[C@@]1(C(=O)O)CCCN1C(=O)[C@@H]1OCC[C@@H]1NC(=O)OCC1c2ccccc2-c2ccccc21. The largest absolute Gasteiger partial charge is 0.480 e. The summed E-state index contributed by atoms with van der Waals surface area (Å²) in [6.07, 6.45) is -0.0651. The highest BCUT2D eigenvalue weighted by Gasteiger charge is 2.50. The van der Waals surface area contributed by atoms with Crippen LogP contribution in [-0.2, 0) is 19.1 Å². The number of hydrogen-bond donors (Lipinski definition) is 2. The molecule has 0 unspecified atom stereocenters. The Bertz CT molecular complexity index is 1090. The van der Waals surface area contributed by atoms with Gasteiger partial charge in [-0.25, -0.2) is 9.59 Å². The van der Waals surface area contributed by atoms with Crippen LogP contribution in [0.15, 0.2) is 48.5 Å². The van der Waals surface area contributed by atoms with Gasteiger partial charge in [0.1, 0.15) is 12.1 Å². The van der Waals surface area contributed by atoms with Crippen LogP contribution in [0.4, 0.5) is 4.79 Å². The summed E-state index contributed by atoms with van der Waals surface area (Å²) in [7, 11) is 0. The van der Waals surface area contributed by atoms with Crippen LogP contribution < -0.4 is 5.32 Å². The van der Waals surface area contributed by atoms with E-state index in [0.29, 0.717) is 32.4 Å². The number of amides is 2. The van der Waals surface area contributed by atoms with Gasteiger partial charge in [-0.2, -0.15) is 0 Å². The van der Waals surface area contributed by atoms with Crippen molar-refractivity contribution in [3.8, 4) is 11.1 Å². The normalized spacial score (nSPS) is 25.6. The van der Waals surface area contributed by atoms with Crippen LogP contribution in [0.25, 0.3) is 11.1 Å². The minimum absolute atomic E-state index is 0.0590. The van der Waals surface area contributed by atoms with Crippen LogP contribution in [0, 0.1) is 0 Å². The Labute approximate surface area is 197 Å².